The van der Waals surface area contributed by atoms with Crippen molar-refractivity contribution in [3.63, 3.8) is 0 Å². The van der Waals surface area contributed by atoms with E-state index in [4.69, 9.17) is 4.74 Å². The lowest BCUT2D eigenvalue weighted by Gasteiger charge is -2.38. The summed E-state index contributed by atoms with van der Waals surface area (Å²) in [6.07, 6.45) is 11.1. The fourth-order valence-electron chi connectivity index (χ4n) is 4.04. The molecule has 1 aromatic heterocycles. The lowest BCUT2D eigenvalue weighted by molar-refractivity contribution is 0.00957. The number of hydrogen-bond donors (Lipinski definition) is 1. The molecular weight excluding hydrogens is 326 g/mol. The second-order valence-electron chi connectivity index (χ2n) is 8.61. The summed E-state index contributed by atoms with van der Waals surface area (Å²) in [5.74, 6) is 0.944. The SMILES string of the molecule is CC(C)(C)OC(=O)N1CCCCC1c1cccnc1NC1CCCCC1. The molecule has 2 fully saturated rings. The van der Waals surface area contributed by atoms with E-state index in [0.29, 0.717) is 6.04 Å². The predicted molar refractivity (Wildman–Crippen MR) is 104 cm³/mol. The Morgan fingerprint density at radius 1 is 1.15 bits per heavy atom. The Morgan fingerprint density at radius 3 is 2.62 bits per heavy atom. The Bertz CT molecular complexity index is 606. The van der Waals surface area contributed by atoms with Crippen molar-refractivity contribution in [3.05, 3.63) is 23.9 Å². The maximum absolute atomic E-state index is 12.8. The van der Waals surface area contributed by atoms with Crippen LogP contribution in [-0.4, -0.2) is 34.2 Å². The van der Waals surface area contributed by atoms with Gasteiger partial charge in [0, 0.05) is 24.3 Å². The smallest absolute Gasteiger partial charge is 0.410 e. The Labute approximate surface area is 157 Å². The van der Waals surface area contributed by atoms with Crippen LogP contribution in [0.4, 0.5) is 10.6 Å². The van der Waals surface area contributed by atoms with Crippen molar-refractivity contribution in [2.75, 3.05) is 11.9 Å². The van der Waals surface area contributed by atoms with Crippen LogP contribution in [0.3, 0.4) is 0 Å². The zero-order valence-electron chi connectivity index (χ0n) is 16.5. The molecule has 0 spiro atoms. The molecule has 5 nitrogen and oxygen atoms in total. The molecule has 0 radical (unpaired) electrons. The number of carbonyl (C=O) groups excluding carboxylic acids is 1. The molecule has 1 aliphatic carbocycles. The van der Waals surface area contributed by atoms with Crippen LogP contribution in [0, 0.1) is 0 Å². The number of piperidine rings is 1. The van der Waals surface area contributed by atoms with Gasteiger partial charge < -0.3 is 15.0 Å². The summed E-state index contributed by atoms with van der Waals surface area (Å²) in [6, 6.07) is 4.63. The van der Waals surface area contributed by atoms with E-state index in [2.05, 4.69) is 16.4 Å². The molecule has 144 valence electrons. The van der Waals surface area contributed by atoms with E-state index in [1.165, 1.54) is 32.1 Å². The number of nitrogens with one attached hydrogen (secondary N) is 1. The highest BCUT2D eigenvalue weighted by atomic mass is 16.6. The van der Waals surface area contributed by atoms with Crippen molar-refractivity contribution >= 4 is 11.9 Å². The summed E-state index contributed by atoms with van der Waals surface area (Å²) < 4.78 is 5.66. The second kappa shape index (κ2) is 8.28. The van der Waals surface area contributed by atoms with Crippen LogP contribution in [0.5, 0.6) is 0 Å². The van der Waals surface area contributed by atoms with Crippen LogP contribution < -0.4 is 5.32 Å². The van der Waals surface area contributed by atoms with E-state index in [9.17, 15) is 4.79 Å². The molecule has 0 aromatic carbocycles. The first-order valence-corrected chi connectivity index (χ1v) is 10.1. The average Bonchev–Trinajstić information content (AvgIpc) is 2.62. The van der Waals surface area contributed by atoms with Crippen molar-refractivity contribution in [1.29, 1.82) is 0 Å². The molecule has 2 aliphatic rings. The standard InChI is InChI=1S/C21H33N3O2/c1-21(2,3)26-20(25)24-15-8-7-13-18(24)17-12-9-14-22-19(17)23-16-10-5-4-6-11-16/h9,12,14,16,18H,4-8,10-11,13,15H2,1-3H3,(H,22,23). The summed E-state index contributed by atoms with van der Waals surface area (Å²) in [6.45, 7) is 6.51. The van der Waals surface area contributed by atoms with E-state index in [0.717, 1.165) is 37.2 Å². The fourth-order valence-corrected chi connectivity index (χ4v) is 4.04. The van der Waals surface area contributed by atoms with Crippen molar-refractivity contribution in [3.8, 4) is 0 Å². The van der Waals surface area contributed by atoms with Crippen LogP contribution in [-0.2, 0) is 4.74 Å². The van der Waals surface area contributed by atoms with E-state index in [-0.39, 0.29) is 12.1 Å². The number of rotatable bonds is 3. The predicted octanol–water partition coefficient (Wildman–Crippen LogP) is 5.29. The molecule has 1 atom stereocenters. The summed E-state index contributed by atoms with van der Waals surface area (Å²) in [7, 11) is 0. The number of anilines is 1. The largest absolute Gasteiger partial charge is 0.444 e. The first-order chi connectivity index (χ1) is 12.4. The van der Waals surface area contributed by atoms with Gasteiger partial charge in [0.05, 0.1) is 6.04 Å². The van der Waals surface area contributed by atoms with Crippen LogP contribution in [0.25, 0.3) is 0 Å². The van der Waals surface area contributed by atoms with Crippen LogP contribution >= 0.6 is 0 Å². The first-order valence-electron chi connectivity index (χ1n) is 10.1. The molecule has 1 saturated heterocycles. The van der Waals surface area contributed by atoms with E-state index in [1.807, 2.05) is 37.9 Å². The average molecular weight is 360 g/mol. The van der Waals surface area contributed by atoms with Crippen molar-refractivity contribution < 1.29 is 9.53 Å². The van der Waals surface area contributed by atoms with E-state index < -0.39 is 5.60 Å². The number of amides is 1. The van der Waals surface area contributed by atoms with Gasteiger partial charge in [0.25, 0.3) is 0 Å². The molecule has 3 rings (SSSR count). The molecular formula is C21H33N3O2. The zero-order valence-corrected chi connectivity index (χ0v) is 16.5. The highest BCUT2D eigenvalue weighted by Gasteiger charge is 2.33. The minimum Gasteiger partial charge on any atom is -0.444 e. The third kappa shape index (κ3) is 4.89. The molecule has 1 aromatic rings. The fraction of sp³-hybridized carbons (Fsp3) is 0.714. The summed E-state index contributed by atoms with van der Waals surface area (Å²) in [5.41, 5.74) is 0.653. The number of hydrogen-bond acceptors (Lipinski definition) is 4. The number of nitrogens with zero attached hydrogens (tertiary/aromatic N) is 2. The van der Waals surface area contributed by atoms with Gasteiger partial charge in [-0.15, -0.1) is 0 Å². The lowest BCUT2D eigenvalue weighted by Crippen LogP contribution is -2.42. The molecule has 1 saturated carbocycles. The third-order valence-electron chi connectivity index (χ3n) is 5.27. The molecule has 0 bridgehead atoms. The topological polar surface area (TPSA) is 54.5 Å². The van der Waals surface area contributed by atoms with Gasteiger partial charge in [-0.3, -0.25) is 0 Å². The van der Waals surface area contributed by atoms with Gasteiger partial charge >= 0.3 is 6.09 Å². The molecule has 1 unspecified atom stereocenters. The van der Waals surface area contributed by atoms with Crippen molar-refractivity contribution in [2.24, 2.45) is 0 Å². The minimum atomic E-state index is -0.475. The Kier molecular flexibility index (Phi) is 6.05. The quantitative estimate of drug-likeness (QED) is 0.797. The summed E-state index contributed by atoms with van der Waals surface area (Å²) in [5, 5.41) is 3.66. The van der Waals surface area contributed by atoms with Crippen LogP contribution in [0.15, 0.2) is 18.3 Å². The molecule has 1 N–H and O–H groups in total. The maximum Gasteiger partial charge on any atom is 0.410 e. The van der Waals surface area contributed by atoms with Crippen molar-refractivity contribution in [1.82, 2.24) is 9.88 Å². The number of aromatic nitrogens is 1. The molecule has 5 heteroatoms. The van der Waals surface area contributed by atoms with Crippen LogP contribution in [0.1, 0.15) is 83.7 Å². The van der Waals surface area contributed by atoms with Crippen molar-refractivity contribution in [2.45, 2.75) is 89.8 Å². The maximum atomic E-state index is 12.8. The Hall–Kier alpha value is -1.78. The molecule has 2 heterocycles. The molecule has 26 heavy (non-hydrogen) atoms. The van der Waals surface area contributed by atoms with Gasteiger partial charge in [-0.05, 0) is 58.9 Å². The monoisotopic (exact) mass is 359 g/mol. The second-order valence-corrected chi connectivity index (χ2v) is 8.61. The number of likely N-dealkylation sites (tertiary alicyclic amines) is 1. The van der Waals surface area contributed by atoms with Gasteiger partial charge in [0.15, 0.2) is 0 Å². The van der Waals surface area contributed by atoms with Gasteiger partial charge in [-0.1, -0.05) is 25.3 Å². The normalized spacial score (nSPS) is 22.1. The zero-order chi connectivity index (χ0) is 18.6. The summed E-state index contributed by atoms with van der Waals surface area (Å²) in [4.78, 5) is 19.3. The molecule has 1 aliphatic heterocycles. The van der Waals surface area contributed by atoms with Gasteiger partial charge in [0.1, 0.15) is 11.4 Å². The van der Waals surface area contributed by atoms with E-state index in [1.54, 1.807) is 0 Å². The minimum absolute atomic E-state index is 0.0402. The highest BCUT2D eigenvalue weighted by molar-refractivity contribution is 5.69. The first kappa shape index (κ1) is 19.0. The Morgan fingerprint density at radius 2 is 1.88 bits per heavy atom. The lowest BCUT2D eigenvalue weighted by atomic mass is 9.93. The number of pyridine rings is 1. The van der Waals surface area contributed by atoms with Gasteiger partial charge in [0.2, 0.25) is 0 Å². The Balaban J connectivity index is 1.79. The summed E-state index contributed by atoms with van der Waals surface area (Å²) >= 11 is 0. The van der Waals surface area contributed by atoms with E-state index >= 15 is 0 Å². The molecule has 1 amide bonds. The number of carbonyl (C=O) groups is 1. The van der Waals surface area contributed by atoms with Gasteiger partial charge in [-0.2, -0.15) is 0 Å². The van der Waals surface area contributed by atoms with Gasteiger partial charge in [-0.25, -0.2) is 9.78 Å². The highest BCUT2D eigenvalue weighted by Crippen LogP contribution is 2.36. The number of ether oxygens (including phenoxy) is 1. The third-order valence-corrected chi connectivity index (χ3v) is 5.27. The van der Waals surface area contributed by atoms with Crippen LogP contribution in [0.2, 0.25) is 0 Å².